The van der Waals surface area contributed by atoms with Crippen LogP contribution in [0.1, 0.15) is 19.4 Å². The Labute approximate surface area is 111 Å². The molecule has 1 rings (SSSR count). The third-order valence-electron chi connectivity index (χ3n) is 2.01. The molecule has 0 radical (unpaired) electrons. The van der Waals surface area contributed by atoms with Crippen molar-refractivity contribution >= 4 is 12.2 Å². The number of hydrogen-bond acceptors (Lipinski definition) is 5. The number of hydrogen-bond donors (Lipinski definition) is 1. The molecule has 6 heteroatoms. The fourth-order valence-corrected chi connectivity index (χ4v) is 1.31. The number of benzene rings is 1. The van der Waals surface area contributed by atoms with E-state index in [-0.39, 0.29) is 6.10 Å². The Balaban J connectivity index is 2.73. The highest BCUT2D eigenvalue weighted by Gasteiger charge is 2.06. The maximum Gasteiger partial charge on any atom is 0.344 e. The zero-order valence-electron chi connectivity index (χ0n) is 11.1. The van der Waals surface area contributed by atoms with Crippen LogP contribution in [0, 0.1) is 0 Å². The summed E-state index contributed by atoms with van der Waals surface area (Å²) in [6.45, 7) is 3.38. The van der Waals surface area contributed by atoms with E-state index in [1.54, 1.807) is 25.3 Å². The number of aliphatic carboxylic acids is 1. The van der Waals surface area contributed by atoms with E-state index in [9.17, 15) is 4.79 Å². The van der Waals surface area contributed by atoms with E-state index in [1.807, 2.05) is 13.8 Å². The first-order chi connectivity index (χ1) is 9.02. The minimum atomic E-state index is -1.07. The average Bonchev–Trinajstić information content (AvgIpc) is 2.35. The third-order valence-corrected chi connectivity index (χ3v) is 2.01. The van der Waals surface area contributed by atoms with Gasteiger partial charge in [-0.1, -0.05) is 5.16 Å². The largest absolute Gasteiger partial charge is 0.493 e. The molecule has 19 heavy (non-hydrogen) atoms. The Morgan fingerprint density at radius 3 is 2.74 bits per heavy atom. The van der Waals surface area contributed by atoms with Gasteiger partial charge in [0.25, 0.3) is 0 Å². The fraction of sp³-hybridized carbons (Fsp3) is 0.385. The van der Waals surface area contributed by atoms with Gasteiger partial charge in [-0.05, 0) is 32.0 Å². The molecule has 0 fully saturated rings. The second-order valence-corrected chi connectivity index (χ2v) is 3.98. The van der Waals surface area contributed by atoms with Gasteiger partial charge < -0.3 is 19.4 Å². The van der Waals surface area contributed by atoms with Crippen molar-refractivity contribution in [3.05, 3.63) is 23.8 Å². The van der Waals surface area contributed by atoms with Gasteiger partial charge in [-0.2, -0.15) is 0 Å². The molecule has 6 nitrogen and oxygen atoms in total. The number of ether oxygens (including phenoxy) is 2. The first-order valence-corrected chi connectivity index (χ1v) is 5.74. The number of methoxy groups -OCH3 is 1. The van der Waals surface area contributed by atoms with Crippen LogP contribution in [-0.4, -0.2) is 37.1 Å². The third kappa shape index (κ3) is 5.29. The minimum absolute atomic E-state index is 0.0484. The van der Waals surface area contributed by atoms with Gasteiger partial charge in [0.1, 0.15) is 0 Å². The highest BCUT2D eigenvalue weighted by atomic mass is 16.6. The summed E-state index contributed by atoms with van der Waals surface area (Å²) in [5, 5.41) is 11.9. The molecule has 104 valence electrons. The smallest absolute Gasteiger partial charge is 0.344 e. The van der Waals surface area contributed by atoms with Crippen molar-refractivity contribution in [2.75, 3.05) is 13.7 Å². The van der Waals surface area contributed by atoms with Crippen LogP contribution >= 0.6 is 0 Å². The van der Waals surface area contributed by atoms with Crippen molar-refractivity contribution in [1.82, 2.24) is 0 Å². The summed E-state index contributed by atoms with van der Waals surface area (Å²) in [4.78, 5) is 14.8. The van der Waals surface area contributed by atoms with E-state index < -0.39 is 12.6 Å². The van der Waals surface area contributed by atoms with Crippen LogP contribution in [0.2, 0.25) is 0 Å². The summed E-state index contributed by atoms with van der Waals surface area (Å²) in [6.07, 6.45) is 1.46. The van der Waals surface area contributed by atoms with Crippen LogP contribution in [0.5, 0.6) is 11.5 Å². The highest BCUT2D eigenvalue weighted by molar-refractivity contribution is 5.80. The van der Waals surface area contributed by atoms with Crippen LogP contribution in [0.25, 0.3) is 0 Å². The molecule has 0 saturated heterocycles. The molecular weight excluding hydrogens is 250 g/mol. The van der Waals surface area contributed by atoms with Gasteiger partial charge in [0.2, 0.25) is 6.61 Å². The lowest BCUT2D eigenvalue weighted by atomic mass is 10.2. The van der Waals surface area contributed by atoms with Crippen LogP contribution in [-0.2, 0) is 9.63 Å². The Bertz CT molecular complexity index is 456. The van der Waals surface area contributed by atoms with Crippen molar-refractivity contribution in [3.8, 4) is 11.5 Å². The van der Waals surface area contributed by atoms with Gasteiger partial charge in [-0.3, -0.25) is 0 Å². The molecule has 0 amide bonds. The number of carboxylic acid groups (broad SMARTS) is 1. The molecule has 0 saturated carbocycles. The van der Waals surface area contributed by atoms with Crippen molar-refractivity contribution in [2.24, 2.45) is 5.16 Å². The maximum absolute atomic E-state index is 10.2. The predicted octanol–water partition coefficient (Wildman–Crippen LogP) is 1.92. The van der Waals surface area contributed by atoms with Crippen molar-refractivity contribution < 1.29 is 24.2 Å². The summed E-state index contributed by atoms with van der Waals surface area (Å²) in [6, 6.07) is 5.26. The lowest BCUT2D eigenvalue weighted by Crippen LogP contribution is -2.07. The molecule has 0 aliphatic rings. The standard InChI is InChI=1S/C13H17NO5/c1-9(2)19-11-5-4-10(6-12(11)17-3)7-14-18-8-13(15)16/h4-7,9H,8H2,1-3H3,(H,15,16). The van der Waals surface area contributed by atoms with E-state index in [2.05, 4.69) is 9.99 Å². The summed E-state index contributed by atoms with van der Waals surface area (Å²) < 4.78 is 10.8. The zero-order valence-corrected chi connectivity index (χ0v) is 11.1. The van der Waals surface area contributed by atoms with Gasteiger partial charge >= 0.3 is 5.97 Å². The molecule has 0 bridgehead atoms. The van der Waals surface area contributed by atoms with Crippen molar-refractivity contribution in [3.63, 3.8) is 0 Å². The zero-order chi connectivity index (χ0) is 14.3. The predicted molar refractivity (Wildman–Crippen MR) is 69.9 cm³/mol. The van der Waals surface area contributed by atoms with Crippen LogP contribution in [0.3, 0.4) is 0 Å². The molecule has 0 aliphatic carbocycles. The van der Waals surface area contributed by atoms with Gasteiger partial charge in [0.05, 0.1) is 19.4 Å². The first-order valence-electron chi connectivity index (χ1n) is 5.74. The normalized spacial score (nSPS) is 10.7. The van der Waals surface area contributed by atoms with Crippen LogP contribution in [0.4, 0.5) is 0 Å². The van der Waals surface area contributed by atoms with Gasteiger partial charge in [0, 0.05) is 5.56 Å². The molecule has 1 aromatic carbocycles. The van der Waals surface area contributed by atoms with E-state index in [0.29, 0.717) is 11.5 Å². The molecule has 0 heterocycles. The van der Waals surface area contributed by atoms with Gasteiger partial charge in [-0.25, -0.2) is 4.79 Å². The topological polar surface area (TPSA) is 77.4 Å². The Hall–Kier alpha value is -2.24. The quantitative estimate of drug-likeness (QED) is 0.603. The Kier molecular flexibility index (Phi) is 5.66. The summed E-state index contributed by atoms with van der Waals surface area (Å²) in [5.41, 5.74) is 0.721. The number of carboxylic acids is 1. The lowest BCUT2D eigenvalue weighted by Gasteiger charge is -2.13. The summed E-state index contributed by atoms with van der Waals surface area (Å²) in [5.74, 6) is 0.146. The molecule has 1 aromatic rings. The number of oxime groups is 1. The van der Waals surface area contributed by atoms with Crippen LogP contribution < -0.4 is 9.47 Å². The minimum Gasteiger partial charge on any atom is -0.493 e. The fourth-order valence-electron chi connectivity index (χ4n) is 1.31. The van der Waals surface area contributed by atoms with Crippen LogP contribution in [0.15, 0.2) is 23.4 Å². The molecule has 0 aromatic heterocycles. The lowest BCUT2D eigenvalue weighted by molar-refractivity contribution is -0.142. The van der Waals surface area contributed by atoms with E-state index >= 15 is 0 Å². The molecule has 0 spiro atoms. The van der Waals surface area contributed by atoms with Gasteiger partial charge in [-0.15, -0.1) is 0 Å². The first kappa shape index (κ1) is 14.8. The van der Waals surface area contributed by atoms with E-state index in [0.717, 1.165) is 5.56 Å². The summed E-state index contributed by atoms with van der Waals surface area (Å²) >= 11 is 0. The number of rotatable bonds is 7. The summed E-state index contributed by atoms with van der Waals surface area (Å²) in [7, 11) is 1.55. The second kappa shape index (κ2) is 7.25. The molecule has 0 unspecified atom stereocenters. The van der Waals surface area contributed by atoms with Crippen molar-refractivity contribution in [1.29, 1.82) is 0 Å². The second-order valence-electron chi connectivity index (χ2n) is 3.98. The van der Waals surface area contributed by atoms with E-state index in [1.165, 1.54) is 6.21 Å². The SMILES string of the molecule is COc1cc(C=NOCC(=O)O)ccc1OC(C)C. The number of carbonyl (C=O) groups is 1. The van der Waals surface area contributed by atoms with Crippen molar-refractivity contribution in [2.45, 2.75) is 20.0 Å². The Morgan fingerprint density at radius 2 is 2.16 bits per heavy atom. The average molecular weight is 267 g/mol. The van der Waals surface area contributed by atoms with E-state index in [4.69, 9.17) is 14.6 Å². The van der Waals surface area contributed by atoms with Gasteiger partial charge in [0.15, 0.2) is 11.5 Å². The highest BCUT2D eigenvalue weighted by Crippen LogP contribution is 2.28. The molecule has 0 aliphatic heterocycles. The maximum atomic E-state index is 10.2. The monoisotopic (exact) mass is 267 g/mol. The molecule has 1 N–H and O–H groups in total. The molecule has 0 atom stereocenters. The number of nitrogens with zero attached hydrogens (tertiary/aromatic N) is 1. The Morgan fingerprint density at radius 1 is 1.42 bits per heavy atom. The molecular formula is C13H17NO5.